The summed E-state index contributed by atoms with van der Waals surface area (Å²) in [6.07, 6.45) is 1.94. The van der Waals surface area contributed by atoms with Gasteiger partial charge in [0.2, 0.25) is 11.8 Å². The number of aryl methyl sites for hydroxylation is 2. The number of sulfonamides is 1. The molecule has 4 rings (SSSR count). The molecule has 0 fully saturated rings. The van der Waals surface area contributed by atoms with Gasteiger partial charge in [-0.1, -0.05) is 107 Å². The molecule has 0 radical (unpaired) electrons. The fourth-order valence-corrected chi connectivity index (χ4v) is 6.79. The zero-order chi connectivity index (χ0) is 33.3. The Bertz CT molecular complexity index is 1730. The zero-order valence-electron chi connectivity index (χ0n) is 26.2. The summed E-state index contributed by atoms with van der Waals surface area (Å²) in [6, 6.07) is 27.5. The number of hydrogen-bond donors (Lipinski definition) is 1. The molecule has 242 valence electrons. The van der Waals surface area contributed by atoms with E-state index in [1.807, 2.05) is 75.4 Å². The monoisotopic (exact) mass is 723 g/mol. The standard InChI is InChI=1S/C36H39BrClN3O4S/c1-4-5-21-39-36(43)34(22-28-9-7-6-8-10-28)40(24-29-14-16-30(37)17-15-29)35(42)25-41(31-18-13-27(3)33(38)23-31)46(44,45)32-19-11-26(2)12-20-32/h6-20,23,34H,4-5,21-22,24-25H2,1-3H3,(H,39,43)/t34-/m0/s1. The lowest BCUT2D eigenvalue weighted by molar-refractivity contribution is -0.140. The van der Waals surface area contributed by atoms with Crippen LogP contribution in [0.15, 0.2) is 106 Å². The Kier molecular flexibility index (Phi) is 12.4. The zero-order valence-corrected chi connectivity index (χ0v) is 29.4. The highest BCUT2D eigenvalue weighted by Crippen LogP contribution is 2.29. The number of hydrogen-bond acceptors (Lipinski definition) is 4. The van der Waals surface area contributed by atoms with Gasteiger partial charge < -0.3 is 10.2 Å². The number of unbranched alkanes of at least 4 members (excludes halogenated alkanes) is 1. The van der Waals surface area contributed by atoms with E-state index in [9.17, 15) is 18.0 Å². The van der Waals surface area contributed by atoms with Crippen LogP contribution in [0.25, 0.3) is 0 Å². The first-order chi connectivity index (χ1) is 22.0. The third-order valence-electron chi connectivity index (χ3n) is 7.70. The molecule has 1 atom stereocenters. The van der Waals surface area contributed by atoms with Crippen LogP contribution in [0.5, 0.6) is 0 Å². The molecule has 1 N–H and O–H groups in total. The van der Waals surface area contributed by atoms with Crippen LogP contribution in [0.2, 0.25) is 5.02 Å². The second-order valence-corrected chi connectivity index (χ2v) is 14.4. The van der Waals surface area contributed by atoms with Crippen molar-refractivity contribution in [2.45, 2.75) is 57.5 Å². The summed E-state index contributed by atoms with van der Waals surface area (Å²) < 4.78 is 30.3. The molecule has 4 aromatic rings. The Morgan fingerprint density at radius 1 is 0.891 bits per heavy atom. The summed E-state index contributed by atoms with van der Waals surface area (Å²) in [4.78, 5) is 29.9. The van der Waals surface area contributed by atoms with Crippen LogP contribution < -0.4 is 9.62 Å². The molecule has 0 saturated heterocycles. The number of benzene rings is 4. The molecule has 4 aromatic carbocycles. The molecule has 0 aliphatic heterocycles. The van der Waals surface area contributed by atoms with Gasteiger partial charge in [0.05, 0.1) is 10.6 Å². The highest BCUT2D eigenvalue weighted by atomic mass is 79.9. The molecule has 0 unspecified atom stereocenters. The normalized spacial score (nSPS) is 11.9. The van der Waals surface area contributed by atoms with E-state index in [-0.39, 0.29) is 29.5 Å². The highest BCUT2D eigenvalue weighted by molar-refractivity contribution is 9.10. The highest BCUT2D eigenvalue weighted by Gasteiger charge is 2.34. The molecule has 46 heavy (non-hydrogen) atoms. The summed E-state index contributed by atoms with van der Waals surface area (Å²) in [5, 5.41) is 3.38. The lowest BCUT2D eigenvalue weighted by Crippen LogP contribution is -2.53. The number of nitrogens with one attached hydrogen (secondary N) is 1. The van der Waals surface area contributed by atoms with Crippen molar-refractivity contribution in [3.8, 4) is 0 Å². The topological polar surface area (TPSA) is 86.8 Å². The molecule has 0 heterocycles. The van der Waals surface area contributed by atoms with Crippen molar-refractivity contribution in [3.63, 3.8) is 0 Å². The molecule has 7 nitrogen and oxygen atoms in total. The van der Waals surface area contributed by atoms with Crippen molar-refractivity contribution in [2.75, 3.05) is 17.4 Å². The first-order valence-electron chi connectivity index (χ1n) is 15.2. The maximum atomic E-state index is 14.5. The smallest absolute Gasteiger partial charge is 0.264 e. The number of nitrogens with zero attached hydrogens (tertiary/aromatic N) is 2. The fraction of sp³-hybridized carbons (Fsp3) is 0.278. The summed E-state index contributed by atoms with van der Waals surface area (Å²) >= 11 is 9.92. The van der Waals surface area contributed by atoms with Crippen LogP contribution in [-0.4, -0.2) is 44.3 Å². The van der Waals surface area contributed by atoms with Crippen molar-refractivity contribution >= 4 is 55.1 Å². The number of rotatable bonds is 14. The minimum atomic E-state index is -4.21. The van der Waals surface area contributed by atoms with Crippen LogP contribution >= 0.6 is 27.5 Å². The average Bonchev–Trinajstić information content (AvgIpc) is 3.04. The van der Waals surface area contributed by atoms with E-state index < -0.39 is 28.5 Å². The SMILES string of the molecule is CCCCNC(=O)[C@H](Cc1ccccc1)N(Cc1ccc(Br)cc1)C(=O)CN(c1ccc(C)c(Cl)c1)S(=O)(=O)c1ccc(C)cc1. The van der Waals surface area contributed by atoms with Crippen molar-refractivity contribution in [3.05, 3.63) is 129 Å². The molecule has 0 spiro atoms. The van der Waals surface area contributed by atoms with Gasteiger partial charge in [0.25, 0.3) is 10.0 Å². The number of carbonyl (C=O) groups is 2. The third-order valence-corrected chi connectivity index (χ3v) is 10.4. The van der Waals surface area contributed by atoms with Gasteiger partial charge in [-0.3, -0.25) is 13.9 Å². The van der Waals surface area contributed by atoms with Crippen LogP contribution in [0.1, 0.15) is 42.0 Å². The largest absolute Gasteiger partial charge is 0.354 e. The Labute approximate surface area is 285 Å². The molecule has 2 amide bonds. The number of anilines is 1. The lowest BCUT2D eigenvalue weighted by atomic mass is 10.0. The van der Waals surface area contributed by atoms with Crippen LogP contribution in [0, 0.1) is 13.8 Å². The Morgan fingerprint density at radius 3 is 2.20 bits per heavy atom. The molecule has 0 saturated carbocycles. The van der Waals surface area contributed by atoms with Gasteiger partial charge in [0, 0.05) is 29.0 Å². The maximum Gasteiger partial charge on any atom is 0.264 e. The first-order valence-corrected chi connectivity index (χ1v) is 17.8. The van der Waals surface area contributed by atoms with Gasteiger partial charge in [-0.25, -0.2) is 8.42 Å². The Morgan fingerprint density at radius 2 is 1.57 bits per heavy atom. The van der Waals surface area contributed by atoms with Gasteiger partial charge in [-0.15, -0.1) is 0 Å². The molecule has 0 aliphatic rings. The second kappa shape index (κ2) is 16.3. The van der Waals surface area contributed by atoms with Gasteiger partial charge in [-0.2, -0.15) is 0 Å². The predicted molar refractivity (Wildman–Crippen MR) is 188 cm³/mol. The summed E-state index contributed by atoms with van der Waals surface area (Å²) in [5.74, 6) is -0.823. The number of amides is 2. The average molecular weight is 725 g/mol. The summed E-state index contributed by atoms with van der Waals surface area (Å²) in [7, 11) is -4.21. The van der Waals surface area contributed by atoms with E-state index in [0.29, 0.717) is 11.6 Å². The minimum absolute atomic E-state index is 0.0419. The third kappa shape index (κ3) is 9.21. The van der Waals surface area contributed by atoms with E-state index in [4.69, 9.17) is 11.6 Å². The van der Waals surface area contributed by atoms with E-state index in [0.717, 1.165) is 43.9 Å². The molecule has 0 aliphatic carbocycles. The van der Waals surface area contributed by atoms with Crippen molar-refractivity contribution in [1.82, 2.24) is 10.2 Å². The van der Waals surface area contributed by atoms with Gasteiger partial charge in [0.15, 0.2) is 0 Å². The summed E-state index contributed by atoms with van der Waals surface area (Å²) in [6.45, 7) is 5.75. The first kappa shape index (κ1) is 35.2. The van der Waals surface area contributed by atoms with Crippen molar-refractivity contribution < 1.29 is 18.0 Å². The Balaban J connectivity index is 1.80. The van der Waals surface area contributed by atoms with Crippen LogP contribution in [0.3, 0.4) is 0 Å². The van der Waals surface area contributed by atoms with E-state index in [1.165, 1.54) is 17.0 Å². The van der Waals surface area contributed by atoms with Crippen LogP contribution in [-0.2, 0) is 32.6 Å². The predicted octanol–water partition coefficient (Wildman–Crippen LogP) is 7.47. The second-order valence-electron chi connectivity index (χ2n) is 11.3. The summed E-state index contributed by atoms with van der Waals surface area (Å²) in [5.41, 5.74) is 3.59. The molecule has 0 bridgehead atoms. The van der Waals surface area contributed by atoms with E-state index in [1.54, 1.807) is 30.3 Å². The fourth-order valence-electron chi connectivity index (χ4n) is 4.95. The molecular formula is C36H39BrClN3O4S. The van der Waals surface area contributed by atoms with Gasteiger partial charge in [0.1, 0.15) is 12.6 Å². The molecule has 0 aromatic heterocycles. The van der Waals surface area contributed by atoms with Gasteiger partial charge in [-0.05, 0) is 73.4 Å². The van der Waals surface area contributed by atoms with E-state index >= 15 is 0 Å². The lowest BCUT2D eigenvalue weighted by Gasteiger charge is -2.34. The van der Waals surface area contributed by atoms with Crippen molar-refractivity contribution in [1.29, 1.82) is 0 Å². The quantitative estimate of drug-likeness (QED) is 0.137. The number of carbonyl (C=O) groups excluding carboxylic acids is 2. The van der Waals surface area contributed by atoms with Crippen molar-refractivity contribution in [2.24, 2.45) is 0 Å². The maximum absolute atomic E-state index is 14.5. The number of halogens is 2. The van der Waals surface area contributed by atoms with Gasteiger partial charge >= 0.3 is 0 Å². The van der Waals surface area contributed by atoms with E-state index in [2.05, 4.69) is 21.2 Å². The Hall–Kier alpha value is -3.66. The molecular weight excluding hydrogens is 686 g/mol. The minimum Gasteiger partial charge on any atom is -0.354 e. The van der Waals surface area contributed by atoms with Crippen LogP contribution in [0.4, 0.5) is 5.69 Å². The molecule has 10 heteroatoms.